The average Bonchev–Trinajstić information content (AvgIpc) is 2.72. The van der Waals surface area contributed by atoms with E-state index in [1.165, 1.54) is 0 Å². The summed E-state index contributed by atoms with van der Waals surface area (Å²) < 4.78 is 1.55. The number of hydrogen-bond donors (Lipinski definition) is 2. The lowest BCUT2D eigenvalue weighted by Crippen LogP contribution is -2.41. The number of aromatic nitrogens is 2. The molecule has 0 fully saturated rings. The third-order valence-electron chi connectivity index (χ3n) is 5.80. The van der Waals surface area contributed by atoms with Crippen molar-refractivity contribution in [2.24, 2.45) is 5.41 Å². The highest BCUT2D eigenvalue weighted by molar-refractivity contribution is 5.94. The Morgan fingerprint density at radius 1 is 1.21 bits per heavy atom. The van der Waals surface area contributed by atoms with Crippen LogP contribution in [0.2, 0.25) is 0 Å². The number of benzene rings is 2. The van der Waals surface area contributed by atoms with E-state index in [0.717, 1.165) is 6.42 Å². The summed E-state index contributed by atoms with van der Waals surface area (Å²) >= 11 is 0. The molecule has 0 radical (unpaired) electrons. The molecule has 2 atom stereocenters. The smallest absolute Gasteiger partial charge is 0.265 e. The monoisotopic (exact) mass is 393 g/mol. The fourth-order valence-corrected chi connectivity index (χ4v) is 3.26. The molecule has 29 heavy (non-hydrogen) atoms. The maximum Gasteiger partial charge on any atom is 0.265 e. The molecule has 1 amide bonds. The molecule has 1 aromatic heterocycles. The van der Waals surface area contributed by atoms with E-state index in [2.05, 4.69) is 10.3 Å². The van der Waals surface area contributed by atoms with Crippen molar-refractivity contribution in [3.8, 4) is 5.69 Å². The standard InChI is InChI=1S/C23H27N3O3/c1-5-23(4,15(2)27)14-24-21(28)17-10-12-18(13-11-17)26-16(3)25-20-9-7-6-8-19(20)22(26)29/h6-13,15,27H,5,14H2,1-4H3,(H,24,28)/t15-,23-/m1/s1. The van der Waals surface area contributed by atoms with E-state index in [0.29, 0.717) is 34.5 Å². The van der Waals surface area contributed by atoms with Crippen molar-refractivity contribution in [1.82, 2.24) is 14.9 Å². The molecule has 0 aliphatic carbocycles. The van der Waals surface area contributed by atoms with Gasteiger partial charge in [0.25, 0.3) is 11.5 Å². The Bertz CT molecular complexity index is 1090. The Balaban J connectivity index is 1.85. The van der Waals surface area contributed by atoms with Crippen LogP contribution in [0.25, 0.3) is 16.6 Å². The third kappa shape index (κ3) is 4.07. The number of fused-ring (bicyclic) bond motifs is 1. The van der Waals surface area contributed by atoms with Crippen LogP contribution in [0, 0.1) is 12.3 Å². The van der Waals surface area contributed by atoms with Crippen LogP contribution >= 0.6 is 0 Å². The Kier molecular flexibility index (Phi) is 5.84. The van der Waals surface area contributed by atoms with Gasteiger partial charge in [-0.05, 0) is 56.7 Å². The van der Waals surface area contributed by atoms with Gasteiger partial charge in [-0.25, -0.2) is 4.98 Å². The summed E-state index contributed by atoms with van der Waals surface area (Å²) in [6.07, 6.45) is 0.228. The second kappa shape index (κ2) is 8.17. The number of carbonyl (C=O) groups is 1. The molecule has 0 saturated carbocycles. The van der Waals surface area contributed by atoms with E-state index in [-0.39, 0.29) is 16.9 Å². The number of nitrogens with one attached hydrogen (secondary N) is 1. The van der Waals surface area contributed by atoms with E-state index >= 15 is 0 Å². The predicted octanol–water partition coefficient (Wildman–Crippen LogP) is 3.22. The average molecular weight is 393 g/mol. The fraction of sp³-hybridized carbons (Fsp3) is 0.348. The van der Waals surface area contributed by atoms with Gasteiger partial charge in [-0.2, -0.15) is 0 Å². The third-order valence-corrected chi connectivity index (χ3v) is 5.80. The van der Waals surface area contributed by atoms with Gasteiger partial charge in [-0.3, -0.25) is 14.2 Å². The number of rotatable bonds is 6. The highest BCUT2D eigenvalue weighted by atomic mass is 16.3. The molecule has 152 valence electrons. The van der Waals surface area contributed by atoms with Crippen LogP contribution in [0.4, 0.5) is 0 Å². The lowest BCUT2D eigenvalue weighted by molar-refractivity contribution is 0.0473. The molecular weight excluding hydrogens is 366 g/mol. The van der Waals surface area contributed by atoms with Gasteiger partial charge in [-0.1, -0.05) is 26.0 Å². The van der Waals surface area contributed by atoms with Crippen LogP contribution in [0.3, 0.4) is 0 Å². The van der Waals surface area contributed by atoms with Gasteiger partial charge in [0.2, 0.25) is 0 Å². The van der Waals surface area contributed by atoms with Gasteiger partial charge in [0.05, 0.1) is 22.7 Å². The van der Waals surface area contributed by atoms with Crippen LogP contribution in [-0.2, 0) is 0 Å². The molecule has 6 nitrogen and oxygen atoms in total. The predicted molar refractivity (Wildman–Crippen MR) is 114 cm³/mol. The van der Waals surface area contributed by atoms with Crippen LogP contribution in [-0.4, -0.2) is 33.2 Å². The number of para-hydroxylation sites is 1. The zero-order valence-electron chi connectivity index (χ0n) is 17.3. The Hall–Kier alpha value is -2.99. The summed E-state index contributed by atoms with van der Waals surface area (Å²) in [5, 5.41) is 13.4. The van der Waals surface area contributed by atoms with Crippen molar-refractivity contribution in [3.63, 3.8) is 0 Å². The first-order valence-electron chi connectivity index (χ1n) is 9.82. The number of aliphatic hydroxyl groups is 1. The molecule has 0 aliphatic heterocycles. The SMILES string of the molecule is CC[C@](C)(CNC(=O)c1ccc(-n2c(C)nc3ccccc3c2=O)cc1)[C@@H](C)O. The Morgan fingerprint density at radius 3 is 2.48 bits per heavy atom. The number of nitrogens with zero attached hydrogens (tertiary/aromatic N) is 2. The molecule has 2 aromatic carbocycles. The van der Waals surface area contributed by atoms with Gasteiger partial charge in [0.1, 0.15) is 5.82 Å². The lowest BCUT2D eigenvalue weighted by atomic mass is 9.82. The van der Waals surface area contributed by atoms with Crippen LogP contribution in [0.5, 0.6) is 0 Å². The minimum atomic E-state index is -0.523. The van der Waals surface area contributed by atoms with Crippen molar-refractivity contribution >= 4 is 16.8 Å². The van der Waals surface area contributed by atoms with Gasteiger partial charge in [0, 0.05) is 17.5 Å². The molecule has 0 spiro atoms. The normalized spacial score (nSPS) is 14.4. The van der Waals surface area contributed by atoms with E-state index < -0.39 is 6.10 Å². The van der Waals surface area contributed by atoms with Crippen molar-refractivity contribution in [2.75, 3.05) is 6.54 Å². The summed E-state index contributed by atoms with van der Waals surface area (Å²) in [4.78, 5) is 29.9. The summed E-state index contributed by atoms with van der Waals surface area (Å²) in [7, 11) is 0. The molecule has 6 heteroatoms. The topological polar surface area (TPSA) is 84.2 Å². The van der Waals surface area contributed by atoms with Gasteiger partial charge >= 0.3 is 0 Å². The molecule has 0 unspecified atom stereocenters. The van der Waals surface area contributed by atoms with Crippen LogP contribution < -0.4 is 10.9 Å². The first-order valence-corrected chi connectivity index (χ1v) is 9.82. The van der Waals surface area contributed by atoms with E-state index in [1.807, 2.05) is 32.0 Å². The summed E-state index contributed by atoms with van der Waals surface area (Å²) in [5.41, 5.74) is 1.30. The number of amides is 1. The molecule has 0 saturated heterocycles. The summed E-state index contributed by atoms with van der Waals surface area (Å²) in [6, 6.07) is 14.1. The second-order valence-electron chi connectivity index (χ2n) is 7.73. The maximum absolute atomic E-state index is 12.9. The molecule has 3 rings (SSSR count). The van der Waals surface area contributed by atoms with Crippen molar-refractivity contribution in [1.29, 1.82) is 0 Å². The largest absolute Gasteiger partial charge is 0.393 e. The van der Waals surface area contributed by atoms with Gasteiger partial charge < -0.3 is 10.4 Å². The second-order valence-corrected chi connectivity index (χ2v) is 7.73. The Labute approximate surface area is 170 Å². The number of aliphatic hydroxyl groups excluding tert-OH is 1. The zero-order valence-corrected chi connectivity index (χ0v) is 17.3. The zero-order chi connectivity index (χ0) is 21.2. The molecule has 0 aliphatic rings. The van der Waals surface area contributed by atoms with E-state index in [9.17, 15) is 14.7 Å². The highest BCUT2D eigenvalue weighted by Crippen LogP contribution is 2.24. The number of aryl methyl sites for hydroxylation is 1. The van der Waals surface area contributed by atoms with E-state index in [4.69, 9.17) is 0 Å². The highest BCUT2D eigenvalue weighted by Gasteiger charge is 2.28. The maximum atomic E-state index is 12.9. The van der Waals surface area contributed by atoms with Crippen LogP contribution in [0.15, 0.2) is 53.3 Å². The minimum absolute atomic E-state index is 0.138. The molecule has 2 N–H and O–H groups in total. The summed E-state index contributed by atoms with van der Waals surface area (Å²) in [6.45, 7) is 7.85. The molecular formula is C23H27N3O3. The number of carbonyl (C=O) groups excluding carboxylic acids is 1. The van der Waals surface area contributed by atoms with Gasteiger partial charge in [-0.15, -0.1) is 0 Å². The summed E-state index contributed by atoms with van der Waals surface area (Å²) in [5.74, 6) is 0.374. The lowest BCUT2D eigenvalue weighted by Gasteiger charge is -2.31. The van der Waals surface area contributed by atoms with Gasteiger partial charge in [0.15, 0.2) is 0 Å². The number of hydrogen-bond acceptors (Lipinski definition) is 4. The quantitative estimate of drug-likeness (QED) is 0.673. The van der Waals surface area contributed by atoms with Crippen molar-refractivity contribution < 1.29 is 9.90 Å². The van der Waals surface area contributed by atoms with Crippen LogP contribution in [0.1, 0.15) is 43.4 Å². The minimum Gasteiger partial charge on any atom is -0.393 e. The van der Waals surface area contributed by atoms with E-state index in [1.54, 1.807) is 48.7 Å². The fourth-order valence-electron chi connectivity index (χ4n) is 3.26. The molecule has 0 bridgehead atoms. The molecule has 1 heterocycles. The van der Waals surface area contributed by atoms with Crippen molar-refractivity contribution in [3.05, 3.63) is 70.3 Å². The first kappa shape index (κ1) is 20.7. The first-order chi connectivity index (χ1) is 13.8. The molecule has 3 aromatic rings. The Morgan fingerprint density at radius 2 is 1.86 bits per heavy atom. The van der Waals surface area contributed by atoms with Crippen molar-refractivity contribution in [2.45, 2.75) is 40.2 Å².